The standard InChI is InChI=1S/C16H27BrN2/c1-6-13(4)11-19(5)16-9-15(17)8-7-14(16)10-18-12(2)3/h7-9,12-13,18H,6,10-11H2,1-5H3. The minimum Gasteiger partial charge on any atom is -0.374 e. The summed E-state index contributed by atoms with van der Waals surface area (Å²) >= 11 is 3.58. The molecule has 0 radical (unpaired) electrons. The number of nitrogens with zero attached hydrogens (tertiary/aromatic N) is 1. The summed E-state index contributed by atoms with van der Waals surface area (Å²) in [7, 11) is 2.19. The fourth-order valence-electron chi connectivity index (χ4n) is 2.05. The molecular formula is C16H27BrN2. The van der Waals surface area contributed by atoms with Gasteiger partial charge in [-0.1, -0.05) is 56.1 Å². The van der Waals surface area contributed by atoms with Gasteiger partial charge < -0.3 is 10.2 Å². The van der Waals surface area contributed by atoms with Crippen LogP contribution in [0.25, 0.3) is 0 Å². The molecule has 0 aliphatic heterocycles. The van der Waals surface area contributed by atoms with Crippen LogP contribution in [-0.2, 0) is 6.54 Å². The van der Waals surface area contributed by atoms with Crippen molar-refractivity contribution < 1.29 is 0 Å². The number of anilines is 1. The molecule has 3 heteroatoms. The number of hydrogen-bond acceptors (Lipinski definition) is 2. The van der Waals surface area contributed by atoms with Crippen molar-refractivity contribution in [3.63, 3.8) is 0 Å². The average molecular weight is 327 g/mol. The topological polar surface area (TPSA) is 15.3 Å². The summed E-state index contributed by atoms with van der Waals surface area (Å²) in [5.74, 6) is 0.717. The van der Waals surface area contributed by atoms with Crippen LogP contribution >= 0.6 is 15.9 Å². The molecule has 19 heavy (non-hydrogen) atoms. The van der Waals surface area contributed by atoms with E-state index >= 15 is 0 Å². The van der Waals surface area contributed by atoms with Crippen LogP contribution in [0, 0.1) is 5.92 Å². The molecule has 0 saturated carbocycles. The predicted octanol–water partition coefficient (Wildman–Crippen LogP) is 4.43. The van der Waals surface area contributed by atoms with E-state index in [0.29, 0.717) is 6.04 Å². The van der Waals surface area contributed by atoms with E-state index in [1.165, 1.54) is 17.7 Å². The minimum absolute atomic E-state index is 0.511. The van der Waals surface area contributed by atoms with E-state index in [-0.39, 0.29) is 0 Å². The van der Waals surface area contributed by atoms with Crippen LogP contribution in [-0.4, -0.2) is 19.6 Å². The lowest BCUT2D eigenvalue weighted by Crippen LogP contribution is -2.27. The summed E-state index contributed by atoms with van der Waals surface area (Å²) in [5.41, 5.74) is 2.69. The first kappa shape index (κ1) is 16.5. The van der Waals surface area contributed by atoms with Crippen molar-refractivity contribution in [1.82, 2.24) is 5.32 Å². The van der Waals surface area contributed by atoms with Crippen molar-refractivity contribution in [1.29, 1.82) is 0 Å². The van der Waals surface area contributed by atoms with Gasteiger partial charge in [0.1, 0.15) is 0 Å². The molecule has 0 aromatic heterocycles. The van der Waals surface area contributed by atoms with Crippen LogP contribution in [0.15, 0.2) is 22.7 Å². The maximum absolute atomic E-state index is 3.58. The highest BCUT2D eigenvalue weighted by atomic mass is 79.9. The molecule has 0 amide bonds. The fraction of sp³-hybridized carbons (Fsp3) is 0.625. The first-order valence-corrected chi connectivity index (χ1v) is 7.96. The minimum atomic E-state index is 0.511. The summed E-state index contributed by atoms with van der Waals surface area (Å²) in [5, 5.41) is 3.50. The molecule has 1 unspecified atom stereocenters. The fourth-order valence-corrected chi connectivity index (χ4v) is 2.40. The van der Waals surface area contributed by atoms with Crippen molar-refractivity contribution in [3.8, 4) is 0 Å². The van der Waals surface area contributed by atoms with Crippen molar-refractivity contribution in [2.45, 2.75) is 46.7 Å². The van der Waals surface area contributed by atoms with E-state index in [0.717, 1.165) is 23.5 Å². The molecular weight excluding hydrogens is 300 g/mol. The van der Waals surface area contributed by atoms with Gasteiger partial charge in [0.25, 0.3) is 0 Å². The third-order valence-corrected chi connectivity index (χ3v) is 3.94. The Morgan fingerprint density at radius 1 is 1.26 bits per heavy atom. The molecule has 108 valence electrons. The zero-order valence-electron chi connectivity index (χ0n) is 12.8. The second-order valence-electron chi connectivity index (χ2n) is 5.70. The van der Waals surface area contributed by atoms with E-state index < -0.39 is 0 Å². The van der Waals surface area contributed by atoms with Crippen molar-refractivity contribution in [2.24, 2.45) is 5.92 Å². The third-order valence-electron chi connectivity index (χ3n) is 3.44. The monoisotopic (exact) mass is 326 g/mol. The lowest BCUT2D eigenvalue weighted by atomic mass is 10.1. The molecule has 0 spiro atoms. The zero-order valence-corrected chi connectivity index (χ0v) is 14.4. The molecule has 0 heterocycles. The quantitative estimate of drug-likeness (QED) is 0.797. The Morgan fingerprint density at radius 3 is 2.53 bits per heavy atom. The summed E-state index contributed by atoms with van der Waals surface area (Å²) in [6, 6.07) is 7.07. The predicted molar refractivity (Wildman–Crippen MR) is 88.8 cm³/mol. The molecule has 0 aliphatic rings. The Morgan fingerprint density at radius 2 is 1.95 bits per heavy atom. The van der Waals surface area contributed by atoms with E-state index in [2.05, 4.69) is 79.1 Å². The lowest BCUT2D eigenvalue weighted by molar-refractivity contribution is 0.555. The van der Waals surface area contributed by atoms with Crippen LogP contribution < -0.4 is 10.2 Å². The average Bonchev–Trinajstić information content (AvgIpc) is 2.36. The van der Waals surface area contributed by atoms with Crippen LogP contribution in [0.4, 0.5) is 5.69 Å². The van der Waals surface area contributed by atoms with Crippen LogP contribution in [0.5, 0.6) is 0 Å². The number of hydrogen-bond donors (Lipinski definition) is 1. The van der Waals surface area contributed by atoms with Gasteiger partial charge in [0.05, 0.1) is 0 Å². The van der Waals surface area contributed by atoms with E-state index in [9.17, 15) is 0 Å². The Labute approximate surface area is 126 Å². The molecule has 1 atom stereocenters. The molecule has 1 N–H and O–H groups in total. The Bertz CT molecular complexity index is 390. The summed E-state index contributed by atoms with van der Waals surface area (Å²) < 4.78 is 1.15. The number of nitrogens with one attached hydrogen (secondary N) is 1. The smallest absolute Gasteiger partial charge is 0.0420 e. The van der Waals surface area contributed by atoms with Crippen LogP contribution in [0.1, 0.15) is 39.7 Å². The summed E-state index contributed by atoms with van der Waals surface area (Å²) in [6.07, 6.45) is 1.22. The van der Waals surface area contributed by atoms with Crippen molar-refractivity contribution in [3.05, 3.63) is 28.2 Å². The van der Waals surface area contributed by atoms with Crippen molar-refractivity contribution in [2.75, 3.05) is 18.5 Å². The van der Waals surface area contributed by atoms with Crippen molar-refractivity contribution >= 4 is 21.6 Å². The molecule has 2 nitrogen and oxygen atoms in total. The molecule has 1 aromatic rings. The highest BCUT2D eigenvalue weighted by molar-refractivity contribution is 9.10. The second kappa shape index (κ2) is 7.91. The van der Waals surface area contributed by atoms with E-state index in [1.54, 1.807) is 0 Å². The van der Waals surface area contributed by atoms with Gasteiger partial charge in [0, 0.05) is 36.3 Å². The van der Waals surface area contributed by atoms with E-state index in [4.69, 9.17) is 0 Å². The van der Waals surface area contributed by atoms with Gasteiger partial charge in [0.15, 0.2) is 0 Å². The Hall–Kier alpha value is -0.540. The molecule has 1 rings (SSSR count). The number of benzene rings is 1. The maximum Gasteiger partial charge on any atom is 0.0420 e. The highest BCUT2D eigenvalue weighted by Crippen LogP contribution is 2.25. The maximum atomic E-state index is 3.58. The molecule has 0 bridgehead atoms. The van der Waals surface area contributed by atoms with Crippen LogP contribution in [0.3, 0.4) is 0 Å². The lowest BCUT2D eigenvalue weighted by Gasteiger charge is -2.26. The van der Waals surface area contributed by atoms with Gasteiger partial charge in [-0.05, 0) is 23.6 Å². The molecule has 0 aliphatic carbocycles. The van der Waals surface area contributed by atoms with Gasteiger partial charge in [-0.25, -0.2) is 0 Å². The van der Waals surface area contributed by atoms with Gasteiger partial charge >= 0.3 is 0 Å². The normalized spacial score (nSPS) is 12.8. The number of halogens is 1. The summed E-state index contributed by atoms with van der Waals surface area (Å²) in [6.45, 7) is 10.9. The Kier molecular flexibility index (Phi) is 6.87. The molecule has 1 aromatic carbocycles. The first-order valence-electron chi connectivity index (χ1n) is 7.17. The highest BCUT2D eigenvalue weighted by Gasteiger charge is 2.11. The Balaban J connectivity index is 2.86. The second-order valence-corrected chi connectivity index (χ2v) is 6.62. The van der Waals surface area contributed by atoms with Gasteiger partial charge in [-0.2, -0.15) is 0 Å². The summed E-state index contributed by atoms with van der Waals surface area (Å²) in [4.78, 5) is 2.37. The molecule has 0 saturated heterocycles. The van der Waals surface area contributed by atoms with Gasteiger partial charge in [-0.15, -0.1) is 0 Å². The zero-order chi connectivity index (χ0) is 14.4. The van der Waals surface area contributed by atoms with Gasteiger partial charge in [-0.3, -0.25) is 0 Å². The molecule has 0 fully saturated rings. The SMILES string of the molecule is CCC(C)CN(C)c1cc(Br)ccc1CNC(C)C. The largest absolute Gasteiger partial charge is 0.374 e. The third kappa shape index (κ3) is 5.53. The van der Waals surface area contributed by atoms with E-state index in [1.807, 2.05) is 0 Å². The van der Waals surface area contributed by atoms with Gasteiger partial charge in [0.2, 0.25) is 0 Å². The van der Waals surface area contributed by atoms with Crippen LogP contribution in [0.2, 0.25) is 0 Å². The number of rotatable bonds is 7. The first-order chi connectivity index (χ1) is 8.93.